The fraction of sp³-hybridized carbons (Fsp3) is 0.857. The van der Waals surface area contributed by atoms with Gasteiger partial charge in [-0.1, -0.05) is 19.8 Å². The summed E-state index contributed by atoms with van der Waals surface area (Å²) in [4.78, 5) is 23.5. The molecule has 1 saturated carbocycles. The number of nitrogens with one attached hydrogen (secondary N) is 2. The Kier molecular flexibility index (Phi) is 4.99. The lowest BCUT2D eigenvalue weighted by molar-refractivity contribution is -0.139. The summed E-state index contributed by atoms with van der Waals surface area (Å²) in [6, 6.07) is 0.0308. The van der Waals surface area contributed by atoms with Crippen LogP contribution >= 0.6 is 0 Å². The van der Waals surface area contributed by atoms with Crippen molar-refractivity contribution in [3.05, 3.63) is 0 Å². The second-order valence-corrected chi connectivity index (χ2v) is 5.86. The Morgan fingerprint density at radius 1 is 1.30 bits per heavy atom. The van der Waals surface area contributed by atoms with Gasteiger partial charge < -0.3 is 20.5 Å². The fourth-order valence-electron chi connectivity index (χ4n) is 3.32. The maximum absolute atomic E-state index is 12.4. The molecule has 0 spiro atoms. The first kappa shape index (κ1) is 15.3. The SMILES string of the molecule is CCNC1COCC1C(=O)NC1(CC(=O)O)CCCC1. The van der Waals surface area contributed by atoms with Gasteiger partial charge in [-0.2, -0.15) is 0 Å². The van der Waals surface area contributed by atoms with Gasteiger partial charge in [0, 0.05) is 6.04 Å². The monoisotopic (exact) mass is 284 g/mol. The number of aliphatic carboxylic acids is 1. The van der Waals surface area contributed by atoms with Crippen LogP contribution in [0.1, 0.15) is 39.0 Å². The predicted octanol–water partition coefficient (Wildman–Crippen LogP) is 0.515. The van der Waals surface area contributed by atoms with Crippen molar-refractivity contribution < 1.29 is 19.4 Å². The van der Waals surface area contributed by atoms with Crippen molar-refractivity contribution in [3.8, 4) is 0 Å². The molecule has 1 heterocycles. The highest BCUT2D eigenvalue weighted by Gasteiger charge is 2.41. The van der Waals surface area contributed by atoms with Crippen LogP contribution in [0.15, 0.2) is 0 Å². The molecular formula is C14H24N2O4. The van der Waals surface area contributed by atoms with Crippen molar-refractivity contribution in [2.24, 2.45) is 5.92 Å². The molecule has 114 valence electrons. The van der Waals surface area contributed by atoms with Gasteiger partial charge >= 0.3 is 5.97 Å². The third-order valence-corrected chi connectivity index (χ3v) is 4.32. The molecule has 0 aromatic rings. The van der Waals surface area contributed by atoms with E-state index in [1.807, 2.05) is 6.92 Å². The van der Waals surface area contributed by atoms with Crippen LogP contribution in [0, 0.1) is 5.92 Å². The lowest BCUT2D eigenvalue weighted by Crippen LogP contribution is -2.53. The molecular weight excluding hydrogens is 260 g/mol. The lowest BCUT2D eigenvalue weighted by atomic mass is 9.91. The van der Waals surface area contributed by atoms with E-state index in [0.29, 0.717) is 13.2 Å². The summed E-state index contributed by atoms with van der Waals surface area (Å²) < 4.78 is 5.38. The first-order valence-electron chi connectivity index (χ1n) is 7.41. The Balaban J connectivity index is 1.99. The highest BCUT2D eigenvalue weighted by Crippen LogP contribution is 2.33. The van der Waals surface area contributed by atoms with E-state index in [2.05, 4.69) is 10.6 Å². The minimum Gasteiger partial charge on any atom is -0.481 e. The lowest BCUT2D eigenvalue weighted by Gasteiger charge is -2.31. The van der Waals surface area contributed by atoms with E-state index in [4.69, 9.17) is 9.84 Å². The standard InChI is InChI=1S/C14H24N2O4/c1-2-15-11-9-20-8-10(11)13(19)16-14(7-12(17)18)5-3-4-6-14/h10-11,15H,2-9H2,1H3,(H,16,19)(H,17,18). The molecule has 6 heteroatoms. The van der Waals surface area contributed by atoms with Gasteiger partial charge in [0.05, 0.1) is 31.1 Å². The molecule has 1 aliphatic carbocycles. The second kappa shape index (κ2) is 6.54. The molecule has 0 bridgehead atoms. The zero-order chi connectivity index (χ0) is 14.6. The van der Waals surface area contributed by atoms with Gasteiger partial charge in [0.2, 0.25) is 5.91 Å². The van der Waals surface area contributed by atoms with Gasteiger partial charge in [-0.05, 0) is 19.4 Å². The third-order valence-electron chi connectivity index (χ3n) is 4.32. The van der Waals surface area contributed by atoms with Crippen molar-refractivity contribution in [3.63, 3.8) is 0 Å². The molecule has 0 radical (unpaired) electrons. The Morgan fingerprint density at radius 2 is 2.00 bits per heavy atom. The Morgan fingerprint density at radius 3 is 2.60 bits per heavy atom. The van der Waals surface area contributed by atoms with Crippen molar-refractivity contribution >= 4 is 11.9 Å². The first-order valence-corrected chi connectivity index (χ1v) is 7.41. The second-order valence-electron chi connectivity index (χ2n) is 5.86. The maximum atomic E-state index is 12.4. The molecule has 0 aromatic heterocycles. The van der Waals surface area contributed by atoms with Crippen LogP contribution in [0.2, 0.25) is 0 Å². The molecule has 6 nitrogen and oxygen atoms in total. The number of amides is 1. The summed E-state index contributed by atoms with van der Waals surface area (Å²) in [5.41, 5.74) is -0.553. The van der Waals surface area contributed by atoms with Crippen molar-refractivity contribution in [1.29, 1.82) is 0 Å². The number of rotatable bonds is 6. The number of carbonyl (C=O) groups excluding carboxylic acids is 1. The molecule has 1 amide bonds. The summed E-state index contributed by atoms with van der Waals surface area (Å²) >= 11 is 0. The van der Waals surface area contributed by atoms with Crippen molar-refractivity contribution in [2.45, 2.75) is 50.6 Å². The summed E-state index contributed by atoms with van der Waals surface area (Å²) in [6.45, 7) is 3.73. The molecule has 2 rings (SSSR count). The van der Waals surface area contributed by atoms with Crippen LogP contribution in [-0.4, -0.2) is 48.3 Å². The summed E-state index contributed by atoms with van der Waals surface area (Å²) in [7, 11) is 0. The van der Waals surface area contributed by atoms with E-state index in [1.54, 1.807) is 0 Å². The average molecular weight is 284 g/mol. The first-order chi connectivity index (χ1) is 9.56. The highest BCUT2D eigenvalue weighted by atomic mass is 16.5. The zero-order valence-corrected chi connectivity index (χ0v) is 12.0. The van der Waals surface area contributed by atoms with E-state index >= 15 is 0 Å². The highest BCUT2D eigenvalue weighted by molar-refractivity contribution is 5.81. The average Bonchev–Trinajstić information content (AvgIpc) is 2.98. The normalized spacial score (nSPS) is 28.4. The van der Waals surface area contributed by atoms with Crippen LogP contribution in [0.5, 0.6) is 0 Å². The third kappa shape index (κ3) is 3.49. The van der Waals surface area contributed by atoms with Gasteiger partial charge in [-0.25, -0.2) is 0 Å². The summed E-state index contributed by atoms with van der Waals surface area (Å²) in [5.74, 6) is -1.14. The largest absolute Gasteiger partial charge is 0.481 e. The molecule has 2 unspecified atom stereocenters. The number of hydrogen-bond donors (Lipinski definition) is 3. The van der Waals surface area contributed by atoms with Crippen molar-refractivity contribution in [1.82, 2.24) is 10.6 Å². The predicted molar refractivity (Wildman–Crippen MR) is 73.4 cm³/mol. The molecule has 2 fully saturated rings. The number of carboxylic acid groups (broad SMARTS) is 1. The van der Waals surface area contributed by atoms with Crippen LogP contribution in [0.4, 0.5) is 0 Å². The molecule has 1 aliphatic heterocycles. The number of ether oxygens (including phenoxy) is 1. The molecule has 20 heavy (non-hydrogen) atoms. The van der Waals surface area contributed by atoms with Gasteiger partial charge in [-0.3, -0.25) is 9.59 Å². The molecule has 1 saturated heterocycles. The topological polar surface area (TPSA) is 87.7 Å². The van der Waals surface area contributed by atoms with Crippen LogP contribution in [0.25, 0.3) is 0 Å². The number of carbonyl (C=O) groups is 2. The van der Waals surface area contributed by atoms with Gasteiger partial charge in [0.1, 0.15) is 0 Å². The van der Waals surface area contributed by atoms with Crippen LogP contribution in [-0.2, 0) is 14.3 Å². The van der Waals surface area contributed by atoms with Gasteiger partial charge in [0.25, 0.3) is 0 Å². The van der Waals surface area contributed by atoms with E-state index in [0.717, 1.165) is 32.2 Å². The Bertz CT molecular complexity index is 366. The van der Waals surface area contributed by atoms with E-state index in [-0.39, 0.29) is 24.3 Å². The summed E-state index contributed by atoms with van der Waals surface area (Å²) in [5, 5.41) is 15.3. The molecule has 3 N–H and O–H groups in total. The number of carboxylic acids is 1. The minimum absolute atomic E-state index is 0.0121. The minimum atomic E-state index is -0.849. The molecule has 2 aliphatic rings. The van der Waals surface area contributed by atoms with Gasteiger partial charge in [-0.15, -0.1) is 0 Å². The quantitative estimate of drug-likeness (QED) is 0.661. The summed E-state index contributed by atoms with van der Waals surface area (Å²) in [6.07, 6.45) is 3.48. The Hall–Kier alpha value is -1.14. The van der Waals surface area contributed by atoms with E-state index < -0.39 is 11.5 Å². The Labute approximate surface area is 119 Å². The number of hydrogen-bond acceptors (Lipinski definition) is 4. The smallest absolute Gasteiger partial charge is 0.305 e. The van der Waals surface area contributed by atoms with Gasteiger partial charge in [0.15, 0.2) is 0 Å². The van der Waals surface area contributed by atoms with Crippen LogP contribution in [0.3, 0.4) is 0 Å². The zero-order valence-electron chi connectivity index (χ0n) is 12.0. The van der Waals surface area contributed by atoms with E-state index in [9.17, 15) is 9.59 Å². The maximum Gasteiger partial charge on any atom is 0.305 e. The molecule has 0 aromatic carbocycles. The van der Waals surface area contributed by atoms with Crippen molar-refractivity contribution in [2.75, 3.05) is 19.8 Å². The number of likely N-dealkylation sites (N-methyl/N-ethyl adjacent to an activating group) is 1. The van der Waals surface area contributed by atoms with Crippen LogP contribution < -0.4 is 10.6 Å². The molecule has 2 atom stereocenters. The fourth-order valence-corrected chi connectivity index (χ4v) is 3.32. The van der Waals surface area contributed by atoms with E-state index in [1.165, 1.54) is 0 Å².